The lowest BCUT2D eigenvalue weighted by molar-refractivity contribution is -0.141. The van der Waals surface area contributed by atoms with E-state index >= 15 is 0 Å². The second-order valence-corrected chi connectivity index (χ2v) is 19.3. The highest BCUT2D eigenvalue weighted by Crippen LogP contribution is 2.63. The molecule has 67 heavy (non-hydrogen) atoms. The molecule has 0 amide bonds. The Balaban J connectivity index is 1.15. The van der Waals surface area contributed by atoms with Crippen LogP contribution in [0, 0.1) is 17.8 Å². The second-order valence-electron chi connectivity index (χ2n) is 19.3. The molecule has 6 N–H and O–H groups in total. The standard InChI is InChI=1S/C56H62N4O7/c1-4-58-46-14-8-5-10-34(46)16-17-40-36-22-23-56(30-36)31-37-26-39(62)28-50(64-3)52(37)43-19-18-42-45(32-66-33(2)61)54(67-55(42)53(43)56)44-29-49(65-25-24-59-38-12-6-7-13-38)48(63)27-35(44)11-9-15-47-41(40)20-21-51(57)60-47/h5,8,10,14,18-21,26-29,36,38,40,45,54,58-59,62-63H,4,6-7,11-13,16-17,22-25,30-32H2,1-3H3,(H2,57,60). The van der Waals surface area contributed by atoms with Crippen molar-refractivity contribution >= 4 is 17.5 Å². The highest BCUT2D eigenvalue weighted by Gasteiger charge is 2.52. The minimum atomic E-state index is -0.606. The highest BCUT2D eigenvalue weighted by molar-refractivity contribution is 5.84. The van der Waals surface area contributed by atoms with Gasteiger partial charge in [0.15, 0.2) is 11.5 Å². The first-order chi connectivity index (χ1) is 32.6. The van der Waals surface area contributed by atoms with Crippen LogP contribution in [0.1, 0.15) is 128 Å². The molecule has 5 aliphatic rings. The SMILES string of the molecule is CCNc1ccccc1CCC1c2ccc(N)nc2C#CCc2cc(O)c(OCCNC3CCCC3)cc2C2Oc3c(ccc4c3C3(CCC1C3)Cc1cc(O)cc(OC)c1-4)C2COC(C)=O. The molecule has 348 valence electrons. The van der Waals surface area contributed by atoms with E-state index in [9.17, 15) is 15.0 Å². The van der Waals surface area contributed by atoms with Gasteiger partial charge in [0.2, 0.25) is 0 Å². The van der Waals surface area contributed by atoms with Crippen LogP contribution in [0.3, 0.4) is 0 Å². The van der Waals surface area contributed by atoms with Crippen molar-refractivity contribution in [3.8, 4) is 51.7 Å². The number of carbonyl (C=O) groups is 1. The Hall–Kier alpha value is -6.38. The third-order valence-corrected chi connectivity index (χ3v) is 15.2. The zero-order chi connectivity index (χ0) is 46.2. The molecule has 10 rings (SSSR count). The number of aromatic nitrogens is 1. The number of para-hydroxylation sites is 1. The molecule has 4 aromatic carbocycles. The Morgan fingerprint density at radius 1 is 0.970 bits per heavy atom. The van der Waals surface area contributed by atoms with E-state index in [1.165, 1.54) is 38.2 Å². The van der Waals surface area contributed by atoms with Gasteiger partial charge < -0.3 is 45.5 Å². The van der Waals surface area contributed by atoms with E-state index in [1.54, 1.807) is 19.2 Å². The van der Waals surface area contributed by atoms with E-state index in [-0.39, 0.29) is 53.7 Å². The number of nitrogens with two attached hydrogens (primary N) is 1. The summed E-state index contributed by atoms with van der Waals surface area (Å²) in [6, 6.07) is 24.7. The summed E-state index contributed by atoms with van der Waals surface area (Å²) in [5.74, 6) is 8.88. The lowest BCUT2D eigenvalue weighted by atomic mass is 9.64. The molecule has 5 atom stereocenters. The van der Waals surface area contributed by atoms with E-state index in [4.69, 9.17) is 29.7 Å². The van der Waals surface area contributed by atoms with Crippen LogP contribution < -0.4 is 30.6 Å². The average Bonchev–Trinajstić information content (AvgIpc) is 4.08. The predicted octanol–water partition coefficient (Wildman–Crippen LogP) is 9.79. The minimum Gasteiger partial charge on any atom is -0.508 e. The number of aromatic hydroxyl groups is 2. The van der Waals surface area contributed by atoms with E-state index < -0.39 is 6.10 Å². The number of anilines is 2. The van der Waals surface area contributed by atoms with Crippen LogP contribution in [0.25, 0.3) is 11.1 Å². The van der Waals surface area contributed by atoms with E-state index in [1.807, 2.05) is 18.2 Å². The van der Waals surface area contributed by atoms with Crippen LogP contribution in [0.5, 0.6) is 28.7 Å². The molecule has 1 spiro atoms. The molecule has 3 aliphatic carbocycles. The van der Waals surface area contributed by atoms with E-state index in [0.717, 1.165) is 94.6 Å². The number of methoxy groups -OCH3 is 1. The molecule has 3 heterocycles. The maximum atomic E-state index is 12.6. The van der Waals surface area contributed by atoms with Gasteiger partial charge in [0.05, 0.1) is 13.0 Å². The van der Waals surface area contributed by atoms with Gasteiger partial charge in [-0.05, 0) is 134 Å². The van der Waals surface area contributed by atoms with Gasteiger partial charge in [0.1, 0.15) is 48.1 Å². The Kier molecular flexibility index (Phi) is 12.4. The highest BCUT2D eigenvalue weighted by atomic mass is 16.5. The third kappa shape index (κ3) is 8.61. The van der Waals surface area contributed by atoms with Crippen LogP contribution in [-0.4, -0.2) is 60.6 Å². The van der Waals surface area contributed by atoms with Gasteiger partial charge in [0.25, 0.3) is 0 Å². The van der Waals surface area contributed by atoms with Gasteiger partial charge >= 0.3 is 5.97 Å². The molecule has 4 bridgehead atoms. The summed E-state index contributed by atoms with van der Waals surface area (Å²) in [4.78, 5) is 17.5. The summed E-state index contributed by atoms with van der Waals surface area (Å²) < 4.78 is 25.7. The number of pyridine rings is 1. The largest absolute Gasteiger partial charge is 0.508 e. The van der Waals surface area contributed by atoms with Crippen molar-refractivity contribution in [1.29, 1.82) is 0 Å². The van der Waals surface area contributed by atoms with Gasteiger partial charge in [0, 0.05) is 71.9 Å². The number of fused-ring (bicyclic) bond motifs is 7. The normalized spacial score (nSPS) is 22.2. The number of benzene rings is 4. The Morgan fingerprint density at radius 3 is 2.63 bits per heavy atom. The lowest BCUT2D eigenvalue weighted by Gasteiger charge is -2.39. The molecule has 5 aromatic rings. The number of esters is 1. The molecule has 0 radical (unpaired) electrons. The second kappa shape index (κ2) is 18.7. The number of hydrogen-bond donors (Lipinski definition) is 5. The molecule has 2 saturated carbocycles. The lowest BCUT2D eigenvalue weighted by Crippen LogP contribution is -2.31. The number of nitrogen functional groups attached to an aromatic ring is 1. The maximum Gasteiger partial charge on any atom is 0.302 e. The van der Waals surface area contributed by atoms with E-state index in [0.29, 0.717) is 48.6 Å². The molecule has 11 heteroatoms. The Bertz CT molecular complexity index is 2750. The Morgan fingerprint density at radius 2 is 1.81 bits per heavy atom. The van der Waals surface area contributed by atoms with Crippen molar-refractivity contribution in [2.45, 2.75) is 114 Å². The van der Waals surface area contributed by atoms with Crippen LogP contribution in [-0.2, 0) is 34.2 Å². The number of rotatable bonds is 13. The van der Waals surface area contributed by atoms with Crippen molar-refractivity contribution in [3.63, 3.8) is 0 Å². The van der Waals surface area contributed by atoms with Crippen molar-refractivity contribution in [2.24, 2.45) is 5.92 Å². The summed E-state index contributed by atoms with van der Waals surface area (Å²) in [6.07, 6.45) is 9.56. The van der Waals surface area contributed by atoms with Gasteiger partial charge in [-0.15, -0.1) is 0 Å². The maximum absolute atomic E-state index is 12.6. The van der Waals surface area contributed by atoms with Crippen molar-refractivity contribution in [3.05, 3.63) is 117 Å². The topological polar surface area (TPSA) is 157 Å². The molecule has 2 aliphatic heterocycles. The number of phenols is 2. The van der Waals surface area contributed by atoms with Crippen LogP contribution >= 0.6 is 0 Å². The van der Waals surface area contributed by atoms with Crippen LogP contribution in [0.2, 0.25) is 0 Å². The van der Waals surface area contributed by atoms with Gasteiger partial charge in [-0.2, -0.15) is 0 Å². The first-order valence-electron chi connectivity index (χ1n) is 24.3. The number of hydrogen-bond acceptors (Lipinski definition) is 11. The quantitative estimate of drug-likeness (QED) is 0.0435. The smallest absolute Gasteiger partial charge is 0.302 e. The molecular formula is C56H62N4O7. The van der Waals surface area contributed by atoms with Gasteiger partial charge in [-0.3, -0.25) is 4.79 Å². The monoisotopic (exact) mass is 902 g/mol. The first-order valence-corrected chi connectivity index (χ1v) is 24.3. The summed E-state index contributed by atoms with van der Waals surface area (Å²) in [5.41, 5.74) is 16.9. The molecule has 11 nitrogen and oxygen atoms in total. The fourth-order valence-electron chi connectivity index (χ4n) is 12.3. The molecule has 1 aromatic heterocycles. The average molecular weight is 903 g/mol. The molecule has 0 saturated heterocycles. The van der Waals surface area contributed by atoms with Crippen LogP contribution in [0.15, 0.2) is 72.8 Å². The fraction of sp³-hybridized carbons (Fsp3) is 0.429. The van der Waals surface area contributed by atoms with Gasteiger partial charge in [-0.1, -0.05) is 55.2 Å². The fourth-order valence-corrected chi connectivity index (χ4v) is 12.3. The van der Waals surface area contributed by atoms with Crippen molar-refractivity contribution in [1.82, 2.24) is 10.3 Å². The van der Waals surface area contributed by atoms with E-state index in [2.05, 4.69) is 71.9 Å². The number of nitrogens with zero attached hydrogens (tertiary/aromatic N) is 1. The third-order valence-electron chi connectivity index (χ3n) is 15.2. The first kappa shape index (κ1) is 44.5. The number of aryl methyl sites for hydroxylation is 1. The number of nitrogens with one attached hydrogen (secondary N) is 2. The predicted molar refractivity (Wildman–Crippen MR) is 260 cm³/mol. The summed E-state index contributed by atoms with van der Waals surface area (Å²) in [6.45, 7) is 5.52. The number of carbonyl (C=O) groups excluding carboxylic acids is 1. The van der Waals surface area contributed by atoms with Crippen molar-refractivity contribution < 1.29 is 34.0 Å². The number of ether oxygens (including phenoxy) is 4. The van der Waals surface area contributed by atoms with Gasteiger partial charge in [-0.25, -0.2) is 4.98 Å². The van der Waals surface area contributed by atoms with Crippen molar-refractivity contribution in [2.75, 3.05) is 44.5 Å². The molecule has 5 unspecified atom stereocenters. The Labute approximate surface area is 393 Å². The zero-order valence-electron chi connectivity index (χ0n) is 38.9. The zero-order valence-corrected chi connectivity index (χ0v) is 38.9. The number of phenolic OH excluding ortho intramolecular Hbond substituents is 2. The summed E-state index contributed by atoms with van der Waals surface area (Å²) >= 11 is 0. The molecular weight excluding hydrogens is 841 g/mol. The summed E-state index contributed by atoms with van der Waals surface area (Å²) in [7, 11) is 1.65. The summed E-state index contributed by atoms with van der Waals surface area (Å²) in [5, 5.41) is 29.9. The van der Waals surface area contributed by atoms with Crippen LogP contribution in [0.4, 0.5) is 11.5 Å². The minimum absolute atomic E-state index is 0.0210. The molecule has 2 fully saturated rings.